The summed E-state index contributed by atoms with van der Waals surface area (Å²) in [5, 5.41) is 12.4. The van der Waals surface area contributed by atoms with Gasteiger partial charge in [-0.05, 0) is 51.9 Å². The molecular weight excluding hydrogens is 224 g/mol. The molecule has 4 nitrogen and oxygen atoms in total. The lowest BCUT2D eigenvalue weighted by atomic mass is 10.2. The molecule has 96 valence electrons. The van der Waals surface area contributed by atoms with E-state index in [1.807, 2.05) is 19.1 Å². The van der Waals surface area contributed by atoms with Crippen molar-refractivity contribution in [3.8, 4) is 6.07 Å². The van der Waals surface area contributed by atoms with Gasteiger partial charge in [-0.1, -0.05) is 0 Å². The minimum atomic E-state index is 0.487. The monoisotopic (exact) mass is 244 g/mol. The Kier molecular flexibility index (Phi) is 4.16. The Hall–Kier alpha value is -1.60. The maximum atomic E-state index is 9.05. The molecule has 0 aromatic carbocycles. The van der Waals surface area contributed by atoms with E-state index >= 15 is 0 Å². The van der Waals surface area contributed by atoms with Gasteiger partial charge in [-0.2, -0.15) is 5.26 Å². The second-order valence-electron chi connectivity index (χ2n) is 4.93. The molecule has 0 aliphatic carbocycles. The van der Waals surface area contributed by atoms with E-state index in [9.17, 15) is 0 Å². The molecule has 2 rings (SSSR count). The molecule has 18 heavy (non-hydrogen) atoms. The number of pyridine rings is 1. The fourth-order valence-corrected chi connectivity index (χ4v) is 2.34. The number of nitrogens with one attached hydrogen (secondary N) is 1. The van der Waals surface area contributed by atoms with Crippen LogP contribution in [0.4, 0.5) is 5.82 Å². The van der Waals surface area contributed by atoms with Crippen LogP contribution in [0.5, 0.6) is 0 Å². The molecule has 0 radical (unpaired) electrons. The zero-order chi connectivity index (χ0) is 13.0. The highest BCUT2D eigenvalue weighted by Crippen LogP contribution is 2.15. The van der Waals surface area contributed by atoms with Crippen molar-refractivity contribution >= 4 is 5.82 Å². The number of anilines is 1. The van der Waals surface area contributed by atoms with Crippen LogP contribution in [0.25, 0.3) is 0 Å². The molecule has 2 heterocycles. The number of likely N-dealkylation sites (tertiary alicyclic amines) is 1. The van der Waals surface area contributed by atoms with Crippen molar-refractivity contribution in [1.82, 2.24) is 9.88 Å². The predicted molar refractivity (Wildman–Crippen MR) is 72.4 cm³/mol. The Bertz CT molecular complexity index is 444. The van der Waals surface area contributed by atoms with Gasteiger partial charge in [-0.15, -0.1) is 0 Å². The van der Waals surface area contributed by atoms with E-state index in [2.05, 4.69) is 28.2 Å². The minimum Gasteiger partial charge on any atom is -0.367 e. The molecule has 1 unspecified atom stereocenters. The minimum absolute atomic E-state index is 0.487. The fraction of sp³-hybridized carbons (Fsp3) is 0.571. The van der Waals surface area contributed by atoms with Crippen LogP contribution in [-0.2, 0) is 0 Å². The number of hydrogen-bond donors (Lipinski definition) is 1. The molecule has 0 bridgehead atoms. The van der Waals surface area contributed by atoms with Gasteiger partial charge in [0, 0.05) is 18.3 Å². The SMILES string of the molecule is Cc1ccc(C#N)c(NCC(C)N2CCCC2)n1. The van der Waals surface area contributed by atoms with Gasteiger partial charge in [0.05, 0.1) is 5.56 Å². The van der Waals surface area contributed by atoms with Gasteiger partial charge in [-0.25, -0.2) is 4.98 Å². The van der Waals surface area contributed by atoms with E-state index in [0.29, 0.717) is 17.4 Å². The Morgan fingerprint density at radius 3 is 2.83 bits per heavy atom. The van der Waals surface area contributed by atoms with Gasteiger partial charge in [0.25, 0.3) is 0 Å². The summed E-state index contributed by atoms with van der Waals surface area (Å²) in [7, 11) is 0. The zero-order valence-corrected chi connectivity index (χ0v) is 11.1. The van der Waals surface area contributed by atoms with E-state index in [1.54, 1.807) is 0 Å². The van der Waals surface area contributed by atoms with Crippen LogP contribution < -0.4 is 5.32 Å². The van der Waals surface area contributed by atoms with Gasteiger partial charge in [0.15, 0.2) is 0 Å². The van der Waals surface area contributed by atoms with Crippen LogP contribution >= 0.6 is 0 Å². The van der Waals surface area contributed by atoms with E-state index in [4.69, 9.17) is 5.26 Å². The first kappa shape index (κ1) is 12.8. The van der Waals surface area contributed by atoms with E-state index in [-0.39, 0.29) is 0 Å². The Morgan fingerprint density at radius 2 is 2.17 bits per heavy atom. The van der Waals surface area contributed by atoms with Crippen LogP contribution in [-0.4, -0.2) is 35.6 Å². The lowest BCUT2D eigenvalue weighted by Crippen LogP contribution is -2.35. The zero-order valence-electron chi connectivity index (χ0n) is 11.1. The quantitative estimate of drug-likeness (QED) is 0.881. The molecule has 1 aliphatic rings. The number of nitrogens with zero attached hydrogens (tertiary/aromatic N) is 3. The van der Waals surface area contributed by atoms with Gasteiger partial charge < -0.3 is 5.32 Å². The molecule has 0 spiro atoms. The second kappa shape index (κ2) is 5.83. The average molecular weight is 244 g/mol. The van der Waals surface area contributed by atoms with Gasteiger partial charge >= 0.3 is 0 Å². The summed E-state index contributed by atoms with van der Waals surface area (Å²) in [5.41, 5.74) is 1.56. The number of aryl methyl sites for hydroxylation is 1. The molecule has 1 saturated heterocycles. The topological polar surface area (TPSA) is 52.0 Å². The molecule has 4 heteroatoms. The smallest absolute Gasteiger partial charge is 0.144 e. The van der Waals surface area contributed by atoms with Gasteiger partial charge in [0.2, 0.25) is 0 Å². The summed E-state index contributed by atoms with van der Waals surface area (Å²) in [4.78, 5) is 6.87. The lowest BCUT2D eigenvalue weighted by Gasteiger charge is -2.24. The van der Waals surface area contributed by atoms with Crippen molar-refractivity contribution in [2.24, 2.45) is 0 Å². The summed E-state index contributed by atoms with van der Waals surface area (Å²) in [6, 6.07) is 6.36. The highest BCUT2D eigenvalue weighted by atomic mass is 15.2. The number of hydrogen-bond acceptors (Lipinski definition) is 4. The molecule has 1 fully saturated rings. The van der Waals surface area contributed by atoms with E-state index in [1.165, 1.54) is 25.9 Å². The molecule has 1 aliphatic heterocycles. The lowest BCUT2D eigenvalue weighted by molar-refractivity contribution is 0.269. The second-order valence-corrected chi connectivity index (χ2v) is 4.93. The van der Waals surface area contributed by atoms with Crippen LogP contribution in [0.1, 0.15) is 31.0 Å². The highest BCUT2D eigenvalue weighted by Gasteiger charge is 2.18. The molecule has 1 atom stereocenters. The third-order valence-corrected chi connectivity index (χ3v) is 3.48. The Morgan fingerprint density at radius 1 is 1.44 bits per heavy atom. The standard InChI is InChI=1S/C14H20N4/c1-11-5-6-13(9-15)14(17-11)16-10-12(2)18-7-3-4-8-18/h5-6,12H,3-4,7-8,10H2,1-2H3,(H,16,17). The number of aromatic nitrogens is 1. The van der Waals surface area contributed by atoms with Crippen molar-refractivity contribution in [3.63, 3.8) is 0 Å². The van der Waals surface area contributed by atoms with Crippen LogP contribution in [0.2, 0.25) is 0 Å². The van der Waals surface area contributed by atoms with Crippen molar-refractivity contribution < 1.29 is 0 Å². The van der Waals surface area contributed by atoms with Crippen molar-refractivity contribution in [2.75, 3.05) is 25.0 Å². The summed E-state index contributed by atoms with van der Waals surface area (Å²) >= 11 is 0. The normalized spacial score (nSPS) is 17.4. The van der Waals surface area contributed by atoms with E-state index in [0.717, 1.165) is 12.2 Å². The summed E-state index contributed by atoms with van der Waals surface area (Å²) < 4.78 is 0. The average Bonchev–Trinajstić information content (AvgIpc) is 2.90. The summed E-state index contributed by atoms with van der Waals surface area (Å²) in [6.07, 6.45) is 2.60. The summed E-state index contributed by atoms with van der Waals surface area (Å²) in [6.45, 7) is 7.38. The van der Waals surface area contributed by atoms with Crippen molar-refractivity contribution in [2.45, 2.75) is 32.7 Å². The largest absolute Gasteiger partial charge is 0.367 e. The molecule has 0 saturated carbocycles. The molecule has 1 aromatic rings. The van der Waals surface area contributed by atoms with Crippen LogP contribution in [0, 0.1) is 18.3 Å². The predicted octanol–water partition coefficient (Wildman–Crippen LogP) is 2.16. The molecule has 1 aromatic heterocycles. The molecular formula is C14H20N4. The summed E-state index contributed by atoms with van der Waals surface area (Å²) in [5.74, 6) is 0.712. The maximum Gasteiger partial charge on any atom is 0.144 e. The third kappa shape index (κ3) is 2.99. The van der Waals surface area contributed by atoms with E-state index < -0.39 is 0 Å². The maximum absolute atomic E-state index is 9.05. The first-order valence-corrected chi connectivity index (χ1v) is 6.56. The Balaban J connectivity index is 1.97. The molecule has 0 amide bonds. The number of rotatable bonds is 4. The van der Waals surface area contributed by atoms with Gasteiger partial charge in [0.1, 0.15) is 11.9 Å². The van der Waals surface area contributed by atoms with Crippen LogP contribution in [0.15, 0.2) is 12.1 Å². The first-order chi connectivity index (χ1) is 8.70. The third-order valence-electron chi connectivity index (χ3n) is 3.48. The fourth-order valence-electron chi connectivity index (χ4n) is 2.34. The van der Waals surface area contributed by atoms with Crippen LogP contribution in [0.3, 0.4) is 0 Å². The Labute approximate surface area is 109 Å². The molecule has 1 N–H and O–H groups in total. The highest BCUT2D eigenvalue weighted by molar-refractivity contribution is 5.52. The number of nitriles is 1. The van der Waals surface area contributed by atoms with Crippen molar-refractivity contribution in [1.29, 1.82) is 5.26 Å². The van der Waals surface area contributed by atoms with Crippen molar-refractivity contribution in [3.05, 3.63) is 23.4 Å². The first-order valence-electron chi connectivity index (χ1n) is 6.56. The van der Waals surface area contributed by atoms with Gasteiger partial charge in [-0.3, -0.25) is 4.90 Å².